The fraction of sp³-hybridized carbons (Fsp3) is 0.464. The predicted molar refractivity (Wildman–Crippen MR) is 141 cm³/mol. The maximum atomic E-state index is 13.4. The summed E-state index contributed by atoms with van der Waals surface area (Å²) in [6.07, 6.45) is 7.34. The van der Waals surface area contributed by atoms with Crippen molar-refractivity contribution in [2.24, 2.45) is 0 Å². The molecule has 3 aromatic rings. The number of ether oxygens (including phenoxy) is 1. The number of benzene rings is 2. The highest BCUT2D eigenvalue weighted by atomic mass is 35.5. The highest BCUT2D eigenvalue weighted by molar-refractivity contribution is 6.35. The number of carbonyl (C=O) groups is 1. The number of anilines is 1. The number of hydrogen-bond acceptors (Lipinski definition) is 3. The average Bonchev–Trinajstić information content (AvgIpc) is 3.28. The number of piperidine rings is 1. The Hall–Kier alpha value is -2.34. The number of rotatable bonds is 10. The first-order valence-electron chi connectivity index (χ1n) is 12.4. The van der Waals surface area contributed by atoms with Crippen molar-refractivity contribution in [3.05, 3.63) is 65.3 Å². The number of para-hydroxylation sites is 2. The lowest BCUT2D eigenvalue weighted by Gasteiger charge is -2.48. The van der Waals surface area contributed by atoms with E-state index in [4.69, 9.17) is 16.3 Å². The number of halogens is 1. The summed E-state index contributed by atoms with van der Waals surface area (Å²) in [4.78, 5) is 21.3. The lowest BCUT2D eigenvalue weighted by molar-refractivity contribution is -0.121. The third kappa shape index (κ3) is 5.32. The van der Waals surface area contributed by atoms with Gasteiger partial charge in [0.2, 0.25) is 5.91 Å². The van der Waals surface area contributed by atoms with Gasteiger partial charge in [0, 0.05) is 50.4 Å². The van der Waals surface area contributed by atoms with E-state index in [9.17, 15) is 4.79 Å². The number of hydrogen-bond donors (Lipinski definition) is 1. The molecule has 0 saturated carbocycles. The van der Waals surface area contributed by atoms with E-state index >= 15 is 0 Å². The molecule has 182 valence electrons. The summed E-state index contributed by atoms with van der Waals surface area (Å²) in [5, 5.41) is 1.97. The number of methoxy groups -OCH3 is 1. The molecule has 6 heteroatoms. The third-order valence-corrected chi connectivity index (χ3v) is 7.44. The molecule has 0 aliphatic carbocycles. The van der Waals surface area contributed by atoms with Crippen molar-refractivity contribution in [1.29, 1.82) is 0 Å². The molecule has 1 fully saturated rings. The summed E-state index contributed by atoms with van der Waals surface area (Å²) in [6, 6.07) is 16.2. The first-order valence-corrected chi connectivity index (χ1v) is 12.8. The highest BCUT2D eigenvalue weighted by Crippen LogP contribution is 2.35. The molecule has 5 nitrogen and oxygen atoms in total. The summed E-state index contributed by atoms with van der Waals surface area (Å²) in [7, 11) is 1.75. The maximum absolute atomic E-state index is 13.4. The van der Waals surface area contributed by atoms with Gasteiger partial charge in [-0.2, -0.15) is 0 Å². The highest BCUT2D eigenvalue weighted by Gasteiger charge is 2.43. The molecule has 4 rings (SSSR count). The van der Waals surface area contributed by atoms with Crippen LogP contribution in [0.3, 0.4) is 0 Å². The zero-order valence-corrected chi connectivity index (χ0v) is 21.1. The molecule has 1 aliphatic heterocycles. The van der Waals surface area contributed by atoms with Gasteiger partial charge in [-0.05, 0) is 49.4 Å². The van der Waals surface area contributed by atoms with Crippen LogP contribution in [0.4, 0.5) is 5.69 Å². The van der Waals surface area contributed by atoms with Crippen molar-refractivity contribution in [2.45, 2.75) is 51.0 Å². The zero-order valence-electron chi connectivity index (χ0n) is 20.4. The SMILES string of the molecule is CCCCC(=O)N(c1ccccc1)C1(COC)CCN(CCc2c[nH]c3c(Cl)cccc23)CC1. The minimum atomic E-state index is -0.314. The van der Waals surface area contributed by atoms with Crippen molar-refractivity contribution in [1.82, 2.24) is 9.88 Å². The summed E-state index contributed by atoms with van der Waals surface area (Å²) >= 11 is 6.33. The van der Waals surface area contributed by atoms with Gasteiger partial charge >= 0.3 is 0 Å². The normalized spacial score (nSPS) is 16.1. The quantitative estimate of drug-likeness (QED) is 0.382. The number of fused-ring (bicyclic) bond motifs is 1. The average molecular weight is 482 g/mol. The molecule has 0 unspecified atom stereocenters. The number of aromatic amines is 1. The van der Waals surface area contributed by atoms with Crippen molar-refractivity contribution < 1.29 is 9.53 Å². The van der Waals surface area contributed by atoms with Crippen LogP contribution < -0.4 is 4.90 Å². The van der Waals surface area contributed by atoms with Gasteiger partial charge in [0.05, 0.1) is 22.7 Å². The second-order valence-corrected chi connectivity index (χ2v) is 9.80. The molecule has 1 aromatic heterocycles. The second kappa shape index (κ2) is 11.4. The Bertz CT molecular complexity index is 1070. The van der Waals surface area contributed by atoms with Crippen LogP contribution in [0.15, 0.2) is 54.7 Å². The van der Waals surface area contributed by atoms with Gasteiger partial charge in [-0.25, -0.2) is 0 Å². The number of amides is 1. The van der Waals surface area contributed by atoms with Crippen LogP contribution in [0.1, 0.15) is 44.6 Å². The summed E-state index contributed by atoms with van der Waals surface area (Å²) in [5.74, 6) is 0.203. The van der Waals surface area contributed by atoms with Gasteiger partial charge in [0.15, 0.2) is 0 Å². The molecule has 1 saturated heterocycles. The number of carbonyl (C=O) groups excluding carboxylic acids is 1. The van der Waals surface area contributed by atoms with Crippen LogP contribution >= 0.6 is 11.6 Å². The molecular formula is C28H36ClN3O2. The van der Waals surface area contributed by atoms with E-state index in [0.717, 1.165) is 68.0 Å². The lowest BCUT2D eigenvalue weighted by Crippen LogP contribution is -2.60. The number of nitrogens with one attached hydrogen (secondary N) is 1. The van der Waals surface area contributed by atoms with E-state index in [2.05, 4.69) is 46.1 Å². The minimum absolute atomic E-state index is 0.203. The van der Waals surface area contributed by atoms with E-state index in [1.807, 2.05) is 30.3 Å². The molecule has 1 N–H and O–H groups in total. The maximum Gasteiger partial charge on any atom is 0.227 e. The summed E-state index contributed by atoms with van der Waals surface area (Å²) in [5.41, 5.74) is 2.98. The van der Waals surface area contributed by atoms with Gasteiger partial charge < -0.3 is 19.5 Å². The Morgan fingerprint density at radius 1 is 1.15 bits per heavy atom. The first kappa shape index (κ1) is 24.8. The standard InChI is InChI=1S/C28H36ClN3O2/c1-3-4-13-26(33)32(23-9-6-5-7-10-23)28(21-34-2)15-18-31(19-16-28)17-14-22-20-30-27-24(22)11-8-12-25(27)29/h5-12,20,30H,3-4,13-19,21H2,1-2H3. The number of H-pyrrole nitrogens is 1. The number of likely N-dealkylation sites (tertiary alicyclic amines) is 1. The Balaban J connectivity index is 1.47. The lowest BCUT2D eigenvalue weighted by atomic mass is 9.85. The predicted octanol–water partition coefficient (Wildman–Crippen LogP) is 6.07. The van der Waals surface area contributed by atoms with Crippen molar-refractivity contribution in [2.75, 3.05) is 38.3 Å². The number of nitrogens with zero attached hydrogens (tertiary/aromatic N) is 2. The second-order valence-electron chi connectivity index (χ2n) is 9.39. The molecule has 2 aromatic carbocycles. The van der Waals surface area contributed by atoms with Crippen molar-refractivity contribution >= 4 is 34.1 Å². The topological polar surface area (TPSA) is 48.6 Å². The van der Waals surface area contributed by atoms with Gasteiger partial charge in [0.1, 0.15) is 0 Å². The molecule has 1 amide bonds. The molecule has 34 heavy (non-hydrogen) atoms. The van der Waals surface area contributed by atoms with Crippen LogP contribution in [0.5, 0.6) is 0 Å². The van der Waals surface area contributed by atoms with Crippen LogP contribution in [0, 0.1) is 0 Å². The van der Waals surface area contributed by atoms with Gasteiger partial charge in [-0.3, -0.25) is 4.79 Å². The van der Waals surface area contributed by atoms with E-state index in [0.29, 0.717) is 13.0 Å². The van der Waals surface area contributed by atoms with Gasteiger partial charge in [-0.15, -0.1) is 0 Å². The Morgan fingerprint density at radius 3 is 2.62 bits per heavy atom. The van der Waals surface area contributed by atoms with E-state index in [1.165, 1.54) is 10.9 Å². The third-order valence-electron chi connectivity index (χ3n) is 7.13. The van der Waals surface area contributed by atoms with Crippen LogP contribution in [-0.2, 0) is 16.0 Å². The van der Waals surface area contributed by atoms with Gasteiger partial charge in [0.25, 0.3) is 0 Å². The van der Waals surface area contributed by atoms with Crippen LogP contribution in [0.25, 0.3) is 10.9 Å². The largest absolute Gasteiger partial charge is 0.382 e. The molecule has 1 aliphatic rings. The number of unbranched alkanes of at least 4 members (excludes halogenated alkanes) is 1. The molecule has 0 bridgehead atoms. The summed E-state index contributed by atoms with van der Waals surface area (Å²) in [6.45, 7) is 5.55. The molecule has 0 atom stereocenters. The van der Waals surface area contributed by atoms with Crippen molar-refractivity contribution in [3.8, 4) is 0 Å². The fourth-order valence-electron chi connectivity index (χ4n) is 5.25. The molecule has 0 radical (unpaired) electrons. The van der Waals surface area contributed by atoms with E-state index in [1.54, 1.807) is 7.11 Å². The minimum Gasteiger partial charge on any atom is -0.382 e. The molecule has 2 heterocycles. The van der Waals surface area contributed by atoms with E-state index < -0.39 is 0 Å². The Kier molecular flexibility index (Phi) is 8.30. The van der Waals surface area contributed by atoms with Crippen molar-refractivity contribution in [3.63, 3.8) is 0 Å². The Morgan fingerprint density at radius 2 is 1.91 bits per heavy atom. The number of aromatic nitrogens is 1. The molecular weight excluding hydrogens is 446 g/mol. The smallest absolute Gasteiger partial charge is 0.227 e. The monoisotopic (exact) mass is 481 g/mol. The van der Waals surface area contributed by atoms with E-state index in [-0.39, 0.29) is 11.4 Å². The van der Waals surface area contributed by atoms with Crippen LogP contribution in [0.2, 0.25) is 5.02 Å². The van der Waals surface area contributed by atoms with Gasteiger partial charge in [-0.1, -0.05) is 55.3 Å². The Labute approximate surface area is 208 Å². The summed E-state index contributed by atoms with van der Waals surface area (Å²) < 4.78 is 5.73. The fourth-order valence-corrected chi connectivity index (χ4v) is 5.48. The van der Waals surface area contributed by atoms with Crippen LogP contribution in [-0.4, -0.2) is 54.7 Å². The molecule has 0 spiro atoms. The first-order chi connectivity index (χ1) is 16.6. The zero-order chi connectivity index (χ0) is 24.0.